The van der Waals surface area contributed by atoms with E-state index in [4.69, 9.17) is 4.42 Å². The highest BCUT2D eigenvalue weighted by molar-refractivity contribution is 5.91. The standard InChI is InChI=1S/C13H19N3O3/c1-3-14-13(18)16-8-6-15(7-9-16)12(17)11-5-4-10(2)19-11/h4-5H,3,6-9H2,1-2H3,(H,14,18). The lowest BCUT2D eigenvalue weighted by Crippen LogP contribution is -2.53. The number of piperazine rings is 1. The van der Waals surface area contributed by atoms with Crippen LogP contribution in [0.15, 0.2) is 16.5 Å². The third-order valence-corrected chi connectivity index (χ3v) is 3.13. The number of carbonyl (C=O) groups excluding carboxylic acids is 2. The van der Waals surface area contributed by atoms with E-state index in [9.17, 15) is 9.59 Å². The number of hydrogen-bond donors (Lipinski definition) is 1. The van der Waals surface area contributed by atoms with Gasteiger partial charge in [0.05, 0.1) is 0 Å². The molecule has 1 fully saturated rings. The summed E-state index contributed by atoms with van der Waals surface area (Å²) in [4.78, 5) is 27.2. The first-order valence-corrected chi connectivity index (χ1v) is 6.50. The molecule has 0 unspecified atom stereocenters. The topological polar surface area (TPSA) is 65.8 Å². The molecule has 6 nitrogen and oxygen atoms in total. The number of amides is 3. The summed E-state index contributed by atoms with van der Waals surface area (Å²) < 4.78 is 5.33. The van der Waals surface area contributed by atoms with E-state index in [0.717, 1.165) is 5.76 Å². The van der Waals surface area contributed by atoms with Gasteiger partial charge in [0.1, 0.15) is 5.76 Å². The van der Waals surface area contributed by atoms with Crippen molar-refractivity contribution in [1.29, 1.82) is 0 Å². The summed E-state index contributed by atoms with van der Waals surface area (Å²) in [5.41, 5.74) is 0. The molecule has 2 rings (SSSR count). The molecule has 1 N–H and O–H groups in total. The summed E-state index contributed by atoms with van der Waals surface area (Å²) >= 11 is 0. The van der Waals surface area contributed by atoms with Gasteiger partial charge in [-0.15, -0.1) is 0 Å². The van der Waals surface area contributed by atoms with E-state index in [1.807, 2.05) is 13.8 Å². The van der Waals surface area contributed by atoms with Crippen molar-refractivity contribution in [2.45, 2.75) is 13.8 Å². The first-order chi connectivity index (χ1) is 9.11. The molecular formula is C13H19N3O3. The van der Waals surface area contributed by atoms with Gasteiger partial charge in [-0.2, -0.15) is 0 Å². The molecule has 0 aromatic carbocycles. The van der Waals surface area contributed by atoms with Gasteiger partial charge in [-0.25, -0.2) is 4.79 Å². The lowest BCUT2D eigenvalue weighted by molar-refractivity contribution is 0.0633. The minimum Gasteiger partial charge on any atom is -0.456 e. The van der Waals surface area contributed by atoms with Gasteiger partial charge >= 0.3 is 6.03 Å². The minimum absolute atomic E-state index is 0.0663. The van der Waals surface area contributed by atoms with Crippen molar-refractivity contribution in [3.05, 3.63) is 23.7 Å². The molecule has 19 heavy (non-hydrogen) atoms. The Hall–Kier alpha value is -1.98. The molecule has 3 amide bonds. The normalized spacial score (nSPS) is 15.5. The van der Waals surface area contributed by atoms with Crippen LogP contribution in [-0.4, -0.2) is 54.5 Å². The molecule has 1 aliphatic heterocycles. The van der Waals surface area contributed by atoms with Crippen LogP contribution in [0.5, 0.6) is 0 Å². The van der Waals surface area contributed by atoms with Crippen LogP contribution in [-0.2, 0) is 0 Å². The van der Waals surface area contributed by atoms with Crippen molar-refractivity contribution in [2.75, 3.05) is 32.7 Å². The van der Waals surface area contributed by atoms with E-state index < -0.39 is 0 Å². The number of nitrogens with zero attached hydrogens (tertiary/aromatic N) is 2. The summed E-state index contributed by atoms with van der Waals surface area (Å²) in [5, 5.41) is 2.76. The van der Waals surface area contributed by atoms with Crippen molar-refractivity contribution in [1.82, 2.24) is 15.1 Å². The van der Waals surface area contributed by atoms with Crippen LogP contribution >= 0.6 is 0 Å². The van der Waals surface area contributed by atoms with Crippen molar-refractivity contribution in [3.63, 3.8) is 0 Å². The molecule has 1 aliphatic rings. The second kappa shape index (κ2) is 5.77. The van der Waals surface area contributed by atoms with Gasteiger partial charge in [0.25, 0.3) is 5.91 Å². The number of nitrogens with one attached hydrogen (secondary N) is 1. The number of aryl methyl sites for hydroxylation is 1. The van der Waals surface area contributed by atoms with Crippen LogP contribution in [0.3, 0.4) is 0 Å². The van der Waals surface area contributed by atoms with Crippen molar-refractivity contribution >= 4 is 11.9 Å². The fraction of sp³-hybridized carbons (Fsp3) is 0.538. The number of hydrogen-bond acceptors (Lipinski definition) is 3. The Bertz CT molecular complexity index is 461. The molecule has 0 spiro atoms. The van der Waals surface area contributed by atoms with Gasteiger partial charge < -0.3 is 19.5 Å². The number of carbonyl (C=O) groups is 2. The Morgan fingerprint density at radius 2 is 1.84 bits per heavy atom. The summed E-state index contributed by atoms with van der Waals surface area (Å²) in [5.74, 6) is 0.983. The lowest BCUT2D eigenvalue weighted by atomic mass is 10.3. The third-order valence-electron chi connectivity index (χ3n) is 3.13. The number of rotatable bonds is 2. The quantitative estimate of drug-likeness (QED) is 0.870. The van der Waals surface area contributed by atoms with Crippen LogP contribution in [0.1, 0.15) is 23.2 Å². The number of furan rings is 1. The average molecular weight is 265 g/mol. The summed E-state index contributed by atoms with van der Waals surface area (Å²) in [6.45, 7) is 6.49. The molecule has 0 saturated carbocycles. The summed E-state index contributed by atoms with van der Waals surface area (Å²) in [7, 11) is 0. The van der Waals surface area contributed by atoms with Crippen LogP contribution < -0.4 is 5.32 Å². The first kappa shape index (κ1) is 13.5. The SMILES string of the molecule is CCNC(=O)N1CCN(C(=O)c2ccc(C)o2)CC1. The molecule has 1 aromatic heterocycles. The van der Waals surface area contributed by atoms with E-state index >= 15 is 0 Å². The van der Waals surface area contributed by atoms with Crippen LogP contribution in [0.25, 0.3) is 0 Å². The number of urea groups is 1. The Labute approximate surface area is 112 Å². The highest BCUT2D eigenvalue weighted by atomic mass is 16.3. The van der Waals surface area contributed by atoms with E-state index in [2.05, 4.69) is 5.32 Å². The zero-order valence-electron chi connectivity index (χ0n) is 11.3. The maximum absolute atomic E-state index is 12.1. The van der Waals surface area contributed by atoms with Gasteiger partial charge in [-0.3, -0.25) is 4.79 Å². The fourth-order valence-electron chi connectivity index (χ4n) is 2.08. The molecule has 0 radical (unpaired) electrons. The Morgan fingerprint density at radius 1 is 1.21 bits per heavy atom. The molecule has 0 bridgehead atoms. The second-order valence-electron chi connectivity index (χ2n) is 4.53. The Balaban J connectivity index is 1.89. The molecule has 1 aromatic rings. The van der Waals surface area contributed by atoms with Crippen LogP contribution in [0, 0.1) is 6.92 Å². The van der Waals surface area contributed by atoms with Crippen molar-refractivity contribution in [2.24, 2.45) is 0 Å². The van der Waals surface area contributed by atoms with E-state index in [-0.39, 0.29) is 11.9 Å². The second-order valence-corrected chi connectivity index (χ2v) is 4.53. The van der Waals surface area contributed by atoms with E-state index in [1.165, 1.54) is 0 Å². The smallest absolute Gasteiger partial charge is 0.317 e. The molecule has 0 aliphatic carbocycles. The van der Waals surface area contributed by atoms with Crippen LogP contribution in [0.4, 0.5) is 4.79 Å². The monoisotopic (exact) mass is 265 g/mol. The Morgan fingerprint density at radius 3 is 2.37 bits per heavy atom. The molecule has 104 valence electrons. The van der Waals surface area contributed by atoms with Crippen molar-refractivity contribution < 1.29 is 14.0 Å². The summed E-state index contributed by atoms with van der Waals surface area (Å²) in [6, 6.07) is 3.40. The molecule has 2 heterocycles. The Kier molecular flexibility index (Phi) is 4.09. The van der Waals surface area contributed by atoms with Gasteiger partial charge in [0, 0.05) is 32.7 Å². The lowest BCUT2D eigenvalue weighted by Gasteiger charge is -2.34. The predicted octanol–water partition coefficient (Wildman–Crippen LogP) is 1.08. The average Bonchev–Trinajstić information content (AvgIpc) is 2.85. The van der Waals surface area contributed by atoms with Gasteiger partial charge in [-0.1, -0.05) is 0 Å². The van der Waals surface area contributed by atoms with Crippen molar-refractivity contribution in [3.8, 4) is 0 Å². The fourth-order valence-corrected chi connectivity index (χ4v) is 2.08. The highest BCUT2D eigenvalue weighted by Gasteiger charge is 2.25. The molecular weight excluding hydrogens is 246 g/mol. The van der Waals surface area contributed by atoms with Gasteiger partial charge in [0.2, 0.25) is 0 Å². The zero-order chi connectivity index (χ0) is 13.8. The third kappa shape index (κ3) is 3.07. The minimum atomic E-state index is -0.108. The van der Waals surface area contributed by atoms with Gasteiger partial charge in [0.15, 0.2) is 5.76 Å². The highest BCUT2D eigenvalue weighted by Crippen LogP contribution is 2.12. The largest absolute Gasteiger partial charge is 0.456 e. The first-order valence-electron chi connectivity index (χ1n) is 6.50. The summed E-state index contributed by atoms with van der Waals surface area (Å²) in [6.07, 6.45) is 0. The predicted molar refractivity (Wildman–Crippen MR) is 70.0 cm³/mol. The molecule has 6 heteroatoms. The maximum Gasteiger partial charge on any atom is 0.317 e. The van der Waals surface area contributed by atoms with E-state index in [1.54, 1.807) is 21.9 Å². The van der Waals surface area contributed by atoms with Crippen LogP contribution in [0.2, 0.25) is 0 Å². The molecule has 1 saturated heterocycles. The maximum atomic E-state index is 12.1. The van der Waals surface area contributed by atoms with E-state index in [0.29, 0.717) is 38.5 Å². The van der Waals surface area contributed by atoms with Gasteiger partial charge in [-0.05, 0) is 26.0 Å². The zero-order valence-corrected chi connectivity index (χ0v) is 11.3. The molecule has 0 atom stereocenters.